The Balaban J connectivity index is 2.35. The summed E-state index contributed by atoms with van der Waals surface area (Å²) in [6.45, 7) is -1.94. The summed E-state index contributed by atoms with van der Waals surface area (Å²) in [5, 5.41) is 3.47. The van der Waals surface area contributed by atoms with E-state index in [4.69, 9.17) is 0 Å². The molecule has 0 heterocycles. The number of hydrogen-bond donors (Lipinski definition) is 2. The maximum atomic E-state index is 14.8. The fourth-order valence-corrected chi connectivity index (χ4v) is 4.07. The van der Waals surface area contributed by atoms with Crippen molar-refractivity contribution in [1.82, 2.24) is 10.6 Å². The van der Waals surface area contributed by atoms with Crippen molar-refractivity contribution in [2.75, 3.05) is 6.54 Å². The number of alkyl halides is 10. The first kappa shape index (κ1) is 33.5. The van der Waals surface area contributed by atoms with Gasteiger partial charge < -0.3 is 15.4 Å². The molecule has 3 aromatic carbocycles. The summed E-state index contributed by atoms with van der Waals surface area (Å²) < 4.78 is 166. The van der Waals surface area contributed by atoms with Gasteiger partial charge in [-0.3, -0.25) is 0 Å². The van der Waals surface area contributed by atoms with Crippen LogP contribution in [0.5, 0.6) is 5.75 Å². The van der Waals surface area contributed by atoms with E-state index in [0.29, 0.717) is 29.7 Å². The number of hydrogen-bond acceptors (Lipinski definition) is 2. The lowest BCUT2D eigenvalue weighted by molar-refractivity contribution is -0.253. The number of ether oxygens (including phenoxy) is 1. The third-order valence-corrected chi connectivity index (χ3v) is 6.00. The van der Waals surface area contributed by atoms with Gasteiger partial charge in [0.2, 0.25) is 0 Å². The minimum Gasteiger partial charge on any atom is -0.428 e. The fraction of sp³-hybridized carbons (Fsp3) is 0.269. The van der Waals surface area contributed by atoms with Crippen molar-refractivity contribution in [2.45, 2.75) is 36.8 Å². The standard InChI is InChI=1S/C26H19BF12N2O2/c27-16-4-1-13(2-5-16)11-23(41-22(42)40-12-24(32,33)34,14-3-6-20(29)19(9-14)25(35,36)37)15-7-17(28)10-18(8-15)43-26(38,39)21(30)31/h1-10,21H,11-12,27H2,(H2,40,41,42)/t23-/m0/s1. The Bertz CT molecular complexity index is 1450. The highest BCUT2D eigenvalue weighted by molar-refractivity contribution is 6.32. The van der Waals surface area contributed by atoms with E-state index in [1.54, 1.807) is 7.85 Å². The summed E-state index contributed by atoms with van der Waals surface area (Å²) in [7, 11) is 1.65. The molecule has 2 amide bonds. The van der Waals surface area contributed by atoms with E-state index in [9.17, 15) is 57.5 Å². The molecule has 0 radical (unpaired) electrons. The number of benzene rings is 3. The predicted molar refractivity (Wildman–Crippen MR) is 131 cm³/mol. The van der Waals surface area contributed by atoms with Crippen LogP contribution in [0.3, 0.4) is 0 Å². The summed E-state index contributed by atoms with van der Waals surface area (Å²) >= 11 is 0. The average Bonchev–Trinajstić information content (AvgIpc) is 2.87. The van der Waals surface area contributed by atoms with Crippen LogP contribution in [0.15, 0.2) is 60.7 Å². The SMILES string of the molecule is Bc1ccc(C[C@@](NC(=O)NCC(F)(F)F)(c2cc(F)cc(OC(F)(F)C(F)F)c2)c2ccc(F)c(C(F)(F)F)c2)cc1. The molecule has 0 fully saturated rings. The van der Waals surface area contributed by atoms with Gasteiger partial charge in [0.15, 0.2) is 0 Å². The van der Waals surface area contributed by atoms with Crippen LogP contribution in [0.2, 0.25) is 0 Å². The first-order chi connectivity index (χ1) is 19.7. The predicted octanol–water partition coefficient (Wildman–Crippen LogP) is 5.83. The first-order valence-electron chi connectivity index (χ1n) is 11.9. The van der Waals surface area contributed by atoms with Gasteiger partial charge in [-0.15, -0.1) is 0 Å². The van der Waals surface area contributed by atoms with Crippen molar-refractivity contribution in [3.05, 3.63) is 94.6 Å². The molecule has 232 valence electrons. The number of urea groups is 1. The van der Waals surface area contributed by atoms with E-state index in [1.165, 1.54) is 29.6 Å². The number of halogens is 12. The van der Waals surface area contributed by atoms with E-state index in [1.807, 2.05) is 5.32 Å². The zero-order chi connectivity index (χ0) is 32.4. The number of amides is 2. The van der Waals surface area contributed by atoms with Crippen molar-refractivity contribution in [3.8, 4) is 5.75 Å². The molecule has 43 heavy (non-hydrogen) atoms. The second-order valence-corrected chi connectivity index (χ2v) is 9.32. The van der Waals surface area contributed by atoms with Crippen molar-refractivity contribution >= 4 is 19.3 Å². The van der Waals surface area contributed by atoms with Gasteiger partial charge in [-0.2, -0.15) is 43.9 Å². The van der Waals surface area contributed by atoms with Crippen LogP contribution in [0.25, 0.3) is 0 Å². The quantitative estimate of drug-likeness (QED) is 0.231. The first-order valence-corrected chi connectivity index (χ1v) is 11.9. The van der Waals surface area contributed by atoms with E-state index < -0.39 is 83.5 Å². The minimum atomic E-state index is -5.34. The smallest absolute Gasteiger partial charge is 0.428 e. The van der Waals surface area contributed by atoms with Gasteiger partial charge in [0, 0.05) is 12.5 Å². The number of carbonyl (C=O) groups excluding carboxylic acids is 1. The Labute approximate surface area is 236 Å². The number of carbonyl (C=O) groups is 1. The molecule has 0 saturated heterocycles. The van der Waals surface area contributed by atoms with E-state index in [-0.39, 0.29) is 17.7 Å². The molecule has 0 aliphatic carbocycles. The van der Waals surface area contributed by atoms with E-state index >= 15 is 0 Å². The van der Waals surface area contributed by atoms with Crippen LogP contribution in [-0.2, 0) is 18.1 Å². The molecule has 0 saturated carbocycles. The molecule has 3 aromatic rings. The van der Waals surface area contributed by atoms with Gasteiger partial charge >= 0.3 is 30.9 Å². The van der Waals surface area contributed by atoms with Crippen molar-refractivity contribution in [1.29, 1.82) is 0 Å². The third-order valence-electron chi connectivity index (χ3n) is 6.00. The van der Waals surface area contributed by atoms with Gasteiger partial charge in [0.05, 0.1) is 11.1 Å². The molecule has 0 aromatic heterocycles. The lowest BCUT2D eigenvalue weighted by atomic mass is 9.77. The highest BCUT2D eigenvalue weighted by atomic mass is 19.4. The van der Waals surface area contributed by atoms with Crippen LogP contribution >= 0.6 is 0 Å². The van der Waals surface area contributed by atoms with Crippen LogP contribution in [0, 0.1) is 11.6 Å². The van der Waals surface area contributed by atoms with Gasteiger partial charge in [-0.25, -0.2) is 13.6 Å². The zero-order valence-corrected chi connectivity index (χ0v) is 21.6. The molecule has 0 unspecified atom stereocenters. The van der Waals surface area contributed by atoms with Crippen LogP contribution < -0.4 is 20.8 Å². The Morgan fingerprint density at radius 1 is 0.837 bits per heavy atom. The van der Waals surface area contributed by atoms with E-state index in [2.05, 4.69) is 4.74 Å². The number of rotatable bonds is 9. The molecule has 3 rings (SSSR count). The number of nitrogens with one attached hydrogen (secondary N) is 2. The highest BCUT2D eigenvalue weighted by Crippen LogP contribution is 2.40. The molecular weight excluding hydrogens is 611 g/mol. The lowest BCUT2D eigenvalue weighted by Crippen LogP contribution is -2.53. The second-order valence-electron chi connectivity index (χ2n) is 9.32. The Morgan fingerprint density at radius 2 is 1.47 bits per heavy atom. The zero-order valence-electron chi connectivity index (χ0n) is 21.6. The molecule has 0 aliphatic rings. The summed E-state index contributed by atoms with van der Waals surface area (Å²) in [4.78, 5) is 12.8. The van der Waals surface area contributed by atoms with Gasteiger partial charge in [0.25, 0.3) is 0 Å². The molecule has 1 atom stereocenters. The van der Waals surface area contributed by atoms with Crippen LogP contribution in [0.4, 0.5) is 57.5 Å². The topological polar surface area (TPSA) is 50.4 Å². The Kier molecular flexibility index (Phi) is 9.56. The van der Waals surface area contributed by atoms with Crippen LogP contribution in [-0.4, -0.2) is 39.1 Å². The van der Waals surface area contributed by atoms with Crippen molar-refractivity contribution in [3.63, 3.8) is 0 Å². The molecule has 2 N–H and O–H groups in total. The summed E-state index contributed by atoms with van der Waals surface area (Å²) in [5.41, 5.74) is -5.06. The van der Waals surface area contributed by atoms with E-state index in [0.717, 1.165) is 0 Å². The highest BCUT2D eigenvalue weighted by Gasteiger charge is 2.45. The van der Waals surface area contributed by atoms with Gasteiger partial charge in [0.1, 0.15) is 31.8 Å². The molecule has 0 spiro atoms. The van der Waals surface area contributed by atoms with Crippen LogP contribution in [0.1, 0.15) is 22.3 Å². The molecule has 4 nitrogen and oxygen atoms in total. The monoisotopic (exact) mass is 630 g/mol. The third kappa shape index (κ3) is 8.50. The average molecular weight is 630 g/mol. The molecule has 17 heteroatoms. The Morgan fingerprint density at radius 3 is 2.02 bits per heavy atom. The lowest BCUT2D eigenvalue weighted by Gasteiger charge is -2.37. The second kappa shape index (κ2) is 12.3. The summed E-state index contributed by atoms with van der Waals surface area (Å²) in [5.74, 6) is -4.53. The normalized spacial score (nSPS) is 13.9. The maximum Gasteiger partial charge on any atom is 0.461 e. The maximum absolute atomic E-state index is 14.8. The largest absolute Gasteiger partial charge is 0.461 e. The molecular formula is C26H19BF12N2O2. The fourth-order valence-electron chi connectivity index (χ4n) is 4.07. The molecule has 0 aliphatic heterocycles. The summed E-state index contributed by atoms with van der Waals surface area (Å²) in [6, 6.07) is 6.50. The van der Waals surface area contributed by atoms with Gasteiger partial charge in [-0.05, 0) is 41.0 Å². The van der Waals surface area contributed by atoms with Gasteiger partial charge in [-0.1, -0.05) is 35.8 Å². The van der Waals surface area contributed by atoms with Crippen molar-refractivity contribution in [2.24, 2.45) is 0 Å². The summed E-state index contributed by atoms with van der Waals surface area (Å²) in [6.07, 6.45) is -20.6. The molecule has 0 bridgehead atoms. The van der Waals surface area contributed by atoms with Crippen molar-refractivity contribution < 1.29 is 62.2 Å². The minimum absolute atomic E-state index is 0.157. The Hall–Kier alpha value is -4.05.